The van der Waals surface area contributed by atoms with Gasteiger partial charge in [0, 0.05) is 12.1 Å². The summed E-state index contributed by atoms with van der Waals surface area (Å²) in [5, 5.41) is 13.1. The molecule has 10 heteroatoms. The number of carbonyl (C=O) groups excluding carboxylic acids is 2. The van der Waals surface area contributed by atoms with Gasteiger partial charge in [-0.15, -0.1) is 0 Å². The monoisotopic (exact) mass is 470 g/mol. The highest BCUT2D eigenvalue weighted by Gasteiger charge is 2.13. The molecule has 170 valence electrons. The van der Waals surface area contributed by atoms with Crippen LogP contribution in [-0.4, -0.2) is 30.0 Å². The van der Waals surface area contributed by atoms with E-state index in [0.717, 1.165) is 11.6 Å². The first-order valence-corrected chi connectivity index (χ1v) is 10.1. The summed E-state index contributed by atoms with van der Waals surface area (Å²) in [6.07, 6.45) is 0. The molecule has 9 nitrogen and oxygen atoms in total. The van der Waals surface area contributed by atoms with E-state index >= 15 is 0 Å². The molecule has 3 aromatic carbocycles. The normalized spacial score (nSPS) is 10.2. The molecule has 0 radical (unpaired) electrons. The van der Waals surface area contributed by atoms with E-state index in [4.69, 9.17) is 25.8 Å². The number of ether oxygens (including phenoxy) is 3. The molecule has 3 aromatic rings. The number of carbonyl (C=O) groups is 2. The number of rotatable bonds is 10. The van der Waals surface area contributed by atoms with Crippen molar-refractivity contribution in [2.75, 3.05) is 18.5 Å². The minimum Gasteiger partial charge on any atom is -0.489 e. The van der Waals surface area contributed by atoms with Gasteiger partial charge in [0.05, 0.1) is 15.6 Å². The number of hydrogen-bond donors (Lipinski definition) is 1. The third kappa shape index (κ3) is 7.51. The summed E-state index contributed by atoms with van der Waals surface area (Å²) < 4.78 is 15.9. The van der Waals surface area contributed by atoms with Crippen LogP contribution < -0.4 is 14.8 Å². The SMILES string of the molecule is O=C(COC(=O)COc1ccc(OCc2ccccc2)cc1)Nc1ccc([N+](=O)[O-])cc1Cl. The van der Waals surface area contributed by atoms with E-state index in [1.54, 1.807) is 24.3 Å². The number of esters is 1. The Hall–Kier alpha value is -4.11. The van der Waals surface area contributed by atoms with E-state index < -0.39 is 30.0 Å². The van der Waals surface area contributed by atoms with Crippen LogP contribution in [-0.2, 0) is 20.9 Å². The summed E-state index contributed by atoms with van der Waals surface area (Å²) in [5.74, 6) is -0.320. The Kier molecular flexibility index (Phi) is 8.20. The molecular formula is C23H19ClN2O7. The summed E-state index contributed by atoms with van der Waals surface area (Å²) in [6, 6.07) is 20.0. The van der Waals surface area contributed by atoms with Crippen molar-refractivity contribution in [2.24, 2.45) is 0 Å². The van der Waals surface area contributed by atoms with E-state index in [2.05, 4.69) is 5.32 Å². The average molecular weight is 471 g/mol. The molecule has 0 aliphatic rings. The molecule has 33 heavy (non-hydrogen) atoms. The maximum atomic E-state index is 11.9. The lowest BCUT2D eigenvalue weighted by Crippen LogP contribution is -2.23. The largest absolute Gasteiger partial charge is 0.489 e. The second-order valence-corrected chi connectivity index (χ2v) is 7.07. The Balaban J connectivity index is 1.38. The zero-order chi connectivity index (χ0) is 23.6. The van der Waals surface area contributed by atoms with Crippen molar-refractivity contribution < 1.29 is 28.7 Å². The first-order chi connectivity index (χ1) is 15.9. The van der Waals surface area contributed by atoms with Crippen LogP contribution in [0.2, 0.25) is 5.02 Å². The standard InChI is InChI=1S/C23H19ClN2O7/c24-20-12-17(26(29)30)6-11-21(20)25-22(27)14-33-23(28)15-32-19-9-7-18(8-10-19)31-13-16-4-2-1-3-5-16/h1-12H,13-15H2,(H,25,27). The first-order valence-electron chi connectivity index (χ1n) is 9.70. The van der Waals surface area contributed by atoms with Crippen LogP contribution in [0.15, 0.2) is 72.8 Å². The summed E-state index contributed by atoms with van der Waals surface area (Å²) in [7, 11) is 0. The van der Waals surface area contributed by atoms with Gasteiger partial charge in [-0.3, -0.25) is 14.9 Å². The first kappa shape index (κ1) is 23.6. The summed E-state index contributed by atoms with van der Waals surface area (Å²) >= 11 is 5.90. The number of amides is 1. The predicted molar refractivity (Wildman–Crippen MR) is 120 cm³/mol. The lowest BCUT2D eigenvalue weighted by molar-refractivity contribution is -0.384. The van der Waals surface area contributed by atoms with E-state index in [0.29, 0.717) is 18.1 Å². The van der Waals surface area contributed by atoms with Gasteiger partial charge in [0.15, 0.2) is 13.2 Å². The molecule has 0 aromatic heterocycles. The maximum Gasteiger partial charge on any atom is 0.344 e. The van der Waals surface area contributed by atoms with Gasteiger partial charge in [0.2, 0.25) is 0 Å². The molecule has 0 saturated heterocycles. The third-order valence-corrected chi connectivity index (χ3v) is 4.54. The van der Waals surface area contributed by atoms with Gasteiger partial charge in [0.1, 0.15) is 18.1 Å². The molecule has 0 atom stereocenters. The van der Waals surface area contributed by atoms with Gasteiger partial charge in [-0.1, -0.05) is 41.9 Å². The summed E-state index contributed by atoms with van der Waals surface area (Å²) in [4.78, 5) is 33.9. The van der Waals surface area contributed by atoms with Gasteiger partial charge < -0.3 is 19.5 Å². The van der Waals surface area contributed by atoms with Crippen molar-refractivity contribution in [3.05, 3.63) is 93.5 Å². The second-order valence-electron chi connectivity index (χ2n) is 6.66. The molecule has 0 unspecified atom stereocenters. The number of anilines is 1. The van der Waals surface area contributed by atoms with Gasteiger partial charge >= 0.3 is 5.97 Å². The van der Waals surface area contributed by atoms with Crippen molar-refractivity contribution in [1.82, 2.24) is 0 Å². The second kappa shape index (κ2) is 11.5. The van der Waals surface area contributed by atoms with Gasteiger partial charge in [-0.2, -0.15) is 0 Å². The van der Waals surface area contributed by atoms with Gasteiger partial charge in [0.25, 0.3) is 11.6 Å². The Morgan fingerprint density at radius 3 is 2.21 bits per heavy atom. The van der Waals surface area contributed by atoms with E-state index in [9.17, 15) is 19.7 Å². The zero-order valence-corrected chi connectivity index (χ0v) is 18.0. The molecule has 0 bridgehead atoms. The highest BCUT2D eigenvalue weighted by atomic mass is 35.5. The number of nitro benzene ring substituents is 1. The molecule has 0 aliphatic heterocycles. The van der Waals surface area contributed by atoms with Crippen LogP contribution >= 0.6 is 11.6 Å². The number of non-ortho nitro benzene ring substituents is 1. The third-order valence-electron chi connectivity index (χ3n) is 4.23. The van der Waals surface area contributed by atoms with Crippen molar-refractivity contribution in [1.29, 1.82) is 0 Å². The van der Waals surface area contributed by atoms with Crippen LogP contribution in [0.5, 0.6) is 11.5 Å². The molecular weight excluding hydrogens is 452 g/mol. The van der Waals surface area contributed by atoms with Gasteiger partial charge in [-0.25, -0.2) is 4.79 Å². The lowest BCUT2D eigenvalue weighted by atomic mass is 10.2. The molecule has 3 rings (SSSR count). The fourth-order valence-electron chi connectivity index (χ4n) is 2.61. The zero-order valence-electron chi connectivity index (χ0n) is 17.2. The molecule has 1 amide bonds. The maximum absolute atomic E-state index is 11.9. The molecule has 0 aliphatic carbocycles. The van der Waals surface area contributed by atoms with E-state index in [-0.39, 0.29) is 16.4 Å². The van der Waals surface area contributed by atoms with Crippen LogP contribution in [0.3, 0.4) is 0 Å². The fraction of sp³-hybridized carbons (Fsp3) is 0.130. The number of hydrogen-bond acceptors (Lipinski definition) is 7. The smallest absolute Gasteiger partial charge is 0.344 e. The number of halogens is 1. The highest BCUT2D eigenvalue weighted by molar-refractivity contribution is 6.34. The summed E-state index contributed by atoms with van der Waals surface area (Å²) in [5.41, 5.74) is 0.993. The van der Waals surface area contributed by atoms with Crippen LogP contribution in [0, 0.1) is 10.1 Å². The Morgan fingerprint density at radius 1 is 0.909 bits per heavy atom. The number of nitrogens with zero attached hydrogens (tertiary/aromatic N) is 1. The highest BCUT2D eigenvalue weighted by Crippen LogP contribution is 2.26. The number of nitrogens with one attached hydrogen (secondary N) is 1. The van der Waals surface area contributed by atoms with Crippen molar-refractivity contribution in [2.45, 2.75) is 6.61 Å². The van der Waals surface area contributed by atoms with E-state index in [1.165, 1.54) is 12.1 Å². The topological polar surface area (TPSA) is 117 Å². The number of benzene rings is 3. The minimum absolute atomic E-state index is 0.0107. The minimum atomic E-state index is -0.746. The van der Waals surface area contributed by atoms with Crippen molar-refractivity contribution in [3.63, 3.8) is 0 Å². The summed E-state index contributed by atoms with van der Waals surface area (Å²) in [6.45, 7) is -0.530. The predicted octanol–water partition coefficient (Wildman–Crippen LogP) is 4.39. The Labute approximate surface area is 194 Å². The number of nitro groups is 1. The van der Waals surface area contributed by atoms with Crippen molar-refractivity contribution in [3.8, 4) is 11.5 Å². The van der Waals surface area contributed by atoms with Crippen LogP contribution in [0.1, 0.15) is 5.56 Å². The van der Waals surface area contributed by atoms with Crippen molar-refractivity contribution >= 4 is 34.9 Å². The molecule has 0 spiro atoms. The van der Waals surface area contributed by atoms with Crippen LogP contribution in [0.25, 0.3) is 0 Å². The lowest BCUT2D eigenvalue weighted by Gasteiger charge is -2.10. The Bertz CT molecular complexity index is 1120. The molecule has 0 heterocycles. The fourth-order valence-corrected chi connectivity index (χ4v) is 2.83. The van der Waals surface area contributed by atoms with E-state index in [1.807, 2.05) is 30.3 Å². The molecule has 0 saturated carbocycles. The average Bonchev–Trinajstić information content (AvgIpc) is 2.82. The Morgan fingerprint density at radius 2 is 1.58 bits per heavy atom. The molecule has 0 fully saturated rings. The van der Waals surface area contributed by atoms with Crippen LogP contribution in [0.4, 0.5) is 11.4 Å². The van der Waals surface area contributed by atoms with Gasteiger partial charge in [-0.05, 0) is 35.9 Å². The quantitative estimate of drug-likeness (QED) is 0.265. The molecule has 1 N–H and O–H groups in total.